The number of halogens is 1. The molecular weight excluding hydrogens is 314 g/mol. The highest BCUT2D eigenvalue weighted by molar-refractivity contribution is 9.10. The third-order valence-corrected chi connectivity index (χ3v) is 3.97. The Morgan fingerprint density at radius 2 is 2.05 bits per heavy atom. The molecule has 0 aliphatic rings. The zero-order chi connectivity index (χ0) is 14.5. The zero-order valence-electron chi connectivity index (χ0n) is 11.9. The van der Waals surface area contributed by atoms with Crippen LogP contribution in [0.5, 0.6) is 0 Å². The fraction of sp³-hybridized carbons (Fsp3) is 0.312. The molecule has 3 nitrogen and oxygen atoms in total. The first-order chi connectivity index (χ1) is 9.60. The Labute approximate surface area is 129 Å². The van der Waals surface area contributed by atoms with Gasteiger partial charge in [0.25, 0.3) is 0 Å². The Hall–Kier alpha value is -1.39. The lowest BCUT2D eigenvalue weighted by atomic mass is 10.1. The highest BCUT2D eigenvalue weighted by Gasteiger charge is 2.06. The van der Waals surface area contributed by atoms with Crippen LogP contribution in [0.2, 0.25) is 0 Å². The summed E-state index contributed by atoms with van der Waals surface area (Å²) in [7, 11) is 2.08. The van der Waals surface area contributed by atoms with E-state index in [2.05, 4.69) is 57.1 Å². The highest BCUT2D eigenvalue weighted by atomic mass is 79.9. The monoisotopic (exact) mass is 333 g/mol. The van der Waals surface area contributed by atoms with Gasteiger partial charge in [-0.05, 0) is 49.7 Å². The van der Waals surface area contributed by atoms with Crippen LogP contribution in [0.15, 0.2) is 40.9 Å². The molecule has 1 heterocycles. The predicted octanol–water partition coefficient (Wildman–Crippen LogP) is 3.29. The van der Waals surface area contributed by atoms with E-state index in [4.69, 9.17) is 5.73 Å². The van der Waals surface area contributed by atoms with Crippen LogP contribution in [0, 0.1) is 6.92 Å². The third-order valence-electron chi connectivity index (χ3n) is 3.24. The van der Waals surface area contributed by atoms with Gasteiger partial charge in [-0.2, -0.15) is 0 Å². The van der Waals surface area contributed by atoms with Gasteiger partial charge in [-0.1, -0.05) is 28.1 Å². The van der Waals surface area contributed by atoms with Crippen molar-refractivity contribution < 1.29 is 0 Å². The van der Waals surface area contributed by atoms with E-state index in [0.29, 0.717) is 6.54 Å². The van der Waals surface area contributed by atoms with Crippen LogP contribution in [0.25, 0.3) is 0 Å². The van der Waals surface area contributed by atoms with Crippen LogP contribution < -0.4 is 10.6 Å². The normalized spacial score (nSPS) is 10.6. The third kappa shape index (κ3) is 3.81. The zero-order valence-corrected chi connectivity index (χ0v) is 13.5. The van der Waals surface area contributed by atoms with Crippen molar-refractivity contribution in [1.29, 1.82) is 0 Å². The maximum absolute atomic E-state index is 5.60. The van der Waals surface area contributed by atoms with Crippen molar-refractivity contribution in [1.82, 2.24) is 4.98 Å². The molecule has 2 rings (SSSR count). The maximum Gasteiger partial charge on any atom is 0.0600 e. The Morgan fingerprint density at radius 1 is 1.25 bits per heavy atom. The predicted molar refractivity (Wildman–Crippen MR) is 88.0 cm³/mol. The van der Waals surface area contributed by atoms with E-state index in [1.54, 1.807) is 0 Å². The molecule has 0 radical (unpaired) electrons. The van der Waals surface area contributed by atoms with Gasteiger partial charge in [0.05, 0.1) is 12.2 Å². The molecule has 2 aromatic rings. The van der Waals surface area contributed by atoms with Gasteiger partial charge in [0.15, 0.2) is 0 Å². The first-order valence-electron chi connectivity index (χ1n) is 6.72. The first-order valence-corrected chi connectivity index (χ1v) is 7.51. The minimum Gasteiger partial charge on any atom is -0.369 e. The van der Waals surface area contributed by atoms with E-state index in [1.165, 1.54) is 11.3 Å². The van der Waals surface area contributed by atoms with Crippen LogP contribution in [-0.4, -0.2) is 18.6 Å². The summed E-state index contributed by atoms with van der Waals surface area (Å²) in [6.45, 7) is 3.48. The van der Waals surface area contributed by atoms with E-state index < -0.39 is 0 Å². The summed E-state index contributed by atoms with van der Waals surface area (Å²) >= 11 is 3.62. The minimum atomic E-state index is 0.668. The van der Waals surface area contributed by atoms with Gasteiger partial charge in [-0.3, -0.25) is 4.98 Å². The lowest BCUT2D eigenvalue weighted by Gasteiger charge is -2.20. The van der Waals surface area contributed by atoms with E-state index >= 15 is 0 Å². The van der Waals surface area contributed by atoms with E-state index in [1.807, 2.05) is 19.1 Å². The first kappa shape index (κ1) is 15.0. The van der Waals surface area contributed by atoms with Gasteiger partial charge in [-0.25, -0.2) is 0 Å². The molecule has 0 aliphatic heterocycles. The number of nitrogens with zero attached hydrogens (tertiary/aromatic N) is 2. The molecule has 0 saturated carbocycles. The molecule has 1 aromatic heterocycles. The van der Waals surface area contributed by atoms with Crippen LogP contribution >= 0.6 is 15.9 Å². The molecule has 0 saturated heterocycles. The Balaban J connectivity index is 2.13. The molecule has 0 amide bonds. The average Bonchev–Trinajstić information content (AvgIpc) is 2.41. The van der Waals surface area contributed by atoms with E-state index in [9.17, 15) is 0 Å². The quantitative estimate of drug-likeness (QED) is 0.912. The van der Waals surface area contributed by atoms with Crippen molar-refractivity contribution >= 4 is 21.6 Å². The highest BCUT2D eigenvalue weighted by Crippen LogP contribution is 2.24. The lowest BCUT2D eigenvalue weighted by Crippen LogP contribution is -2.17. The van der Waals surface area contributed by atoms with Gasteiger partial charge < -0.3 is 10.6 Å². The van der Waals surface area contributed by atoms with Crippen molar-refractivity contribution in [3.05, 3.63) is 57.8 Å². The summed E-state index contributed by atoms with van der Waals surface area (Å²) in [5.41, 5.74) is 10.1. The molecule has 0 spiro atoms. The minimum absolute atomic E-state index is 0.668. The molecule has 1 aromatic carbocycles. The molecule has 0 aliphatic carbocycles. The summed E-state index contributed by atoms with van der Waals surface area (Å²) in [6, 6.07) is 12.5. The van der Waals surface area contributed by atoms with Gasteiger partial charge in [0, 0.05) is 22.9 Å². The lowest BCUT2D eigenvalue weighted by molar-refractivity contribution is 0.874. The number of hydrogen-bond donors (Lipinski definition) is 1. The summed E-state index contributed by atoms with van der Waals surface area (Å²) in [4.78, 5) is 6.73. The van der Waals surface area contributed by atoms with Crippen molar-refractivity contribution in [2.45, 2.75) is 19.9 Å². The SMILES string of the molecule is Cc1cccc(CN(C)c2ccc(CCN)c(Br)c2)n1. The second kappa shape index (κ2) is 6.86. The van der Waals surface area contributed by atoms with Gasteiger partial charge in [0.2, 0.25) is 0 Å². The number of aryl methyl sites for hydroxylation is 1. The average molecular weight is 334 g/mol. The Bertz CT molecular complexity index is 584. The number of pyridine rings is 1. The Morgan fingerprint density at radius 3 is 2.70 bits per heavy atom. The maximum atomic E-state index is 5.60. The molecule has 20 heavy (non-hydrogen) atoms. The largest absolute Gasteiger partial charge is 0.369 e. The number of hydrogen-bond acceptors (Lipinski definition) is 3. The fourth-order valence-corrected chi connectivity index (χ4v) is 2.72. The van der Waals surface area contributed by atoms with Crippen molar-refractivity contribution in [2.24, 2.45) is 5.73 Å². The molecule has 106 valence electrons. The van der Waals surface area contributed by atoms with Crippen LogP contribution in [0.3, 0.4) is 0 Å². The summed E-state index contributed by atoms with van der Waals surface area (Å²) in [5, 5.41) is 0. The number of benzene rings is 1. The van der Waals surface area contributed by atoms with Crippen LogP contribution in [0.4, 0.5) is 5.69 Å². The molecule has 2 N–H and O–H groups in total. The molecule has 0 atom stereocenters. The smallest absolute Gasteiger partial charge is 0.0600 e. The van der Waals surface area contributed by atoms with Crippen LogP contribution in [-0.2, 0) is 13.0 Å². The summed E-state index contributed by atoms with van der Waals surface area (Å²) < 4.78 is 1.12. The van der Waals surface area contributed by atoms with Crippen molar-refractivity contribution in [3.63, 3.8) is 0 Å². The summed E-state index contributed by atoms with van der Waals surface area (Å²) in [5.74, 6) is 0. The van der Waals surface area contributed by atoms with Crippen LogP contribution in [0.1, 0.15) is 17.0 Å². The van der Waals surface area contributed by atoms with E-state index in [-0.39, 0.29) is 0 Å². The number of aromatic nitrogens is 1. The van der Waals surface area contributed by atoms with E-state index in [0.717, 1.165) is 28.8 Å². The number of anilines is 1. The topological polar surface area (TPSA) is 42.1 Å². The summed E-state index contributed by atoms with van der Waals surface area (Å²) in [6.07, 6.45) is 0.893. The number of rotatable bonds is 5. The van der Waals surface area contributed by atoms with Gasteiger partial charge >= 0.3 is 0 Å². The molecule has 0 unspecified atom stereocenters. The second-order valence-corrected chi connectivity index (χ2v) is 5.80. The van der Waals surface area contributed by atoms with Gasteiger partial charge in [0.1, 0.15) is 0 Å². The molecular formula is C16H20BrN3. The van der Waals surface area contributed by atoms with Crippen molar-refractivity contribution in [3.8, 4) is 0 Å². The Kier molecular flexibility index (Phi) is 5.15. The van der Waals surface area contributed by atoms with Gasteiger partial charge in [-0.15, -0.1) is 0 Å². The van der Waals surface area contributed by atoms with Crippen molar-refractivity contribution in [2.75, 3.05) is 18.5 Å². The number of nitrogens with two attached hydrogens (primary N) is 1. The standard InChI is InChI=1S/C16H20BrN3/c1-12-4-3-5-14(19-12)11-20(2)15-7-6-13(8-9-18)16(17)10-15/h3-7,10H,8-9,11,18H2,1-2H3. The fourth-order valence-electron chi connectivity index (χ4n) is 2.15. The molecule has 4 heteroatoms. The second-order valence-electron chi connectivity index (χ2n) is 4.94. The molecule has 0 fully saturated rings. The molecule has 0 bridgehead atoms.